The van der Waals surface area contributed by atoms with Gasteiger partial charge in [-0.3, -0.25) is 0 Å². The number of fused-ring (bicyclic) bond motifs is 3. The molecule has 7 nitrogen and oxygen atoms in total. The number of nitriles is 1. The van der Waals surface area contributed by atoms with E-state index >= 15 is 0 Å². The van der Waals surface area contributed by atoms with Crippen molar-refractivity contribution < 1.29 is 18.9 Å². The van der Waals surface area contributed by atoms with E-state index in [4.69, 9.17) is 24.7 Å². The first-order chi connectivity index (χ1) is 13.6. The zero-order chi connectivity index (χ0) is 19.8. The summed E-state index contributed by atoms with van der Waals surface area (Å²) in [5.41, 5.74) is 9.01. The Morgan fingerprint density at radius 2 is 1.79 bits per heavy atom. The summed E-state index contributed by atoms with van der Waals surface area (Å²) < 4.78 is 22.2. The van der Waals surface area contributed by atoms with E-state index in [1.165, 1.54) is 0 Å². The highest BCUT2D eigenvalue weighted by Gasteiger charge is 2.33. The third kappa shape index (κ3) is 2.50. The van der Waals surface area contributed by atoms with Crippen molar-refractivity contribution in [2.24, 2.45) is 5.73 Å². The Morgan fingerprint density at radius 1 is 1.07 bits per heavy atom. The molecule has 0 bridgehead atoms. The molecule has 142 valence electrons. The van der Waals surface area contributed by atoms with Crippen LogP contribution in [0.2, 0.25) is 0 Å². The normalized spacial score (nSPS) is 15.6. The molecule has 4 rings (SSSR count). The van der Waals surface area contributed by atoms with Gasteiger partial charge in [0.05, 0.1) is 27.2 Å². The first-order valence-corrected chi connectivity index (χ1v) is 8.60. The van der Waals surface area contributed by atoms with Gasteiger partial charge in [-0.05, 0) is 29.8 Å². The molecule has 1 atom stereocenters. The average molecular weight is 377 g/mol. The minimum atomic E-state index is -0.429. The van der Waals surface area contributed by atoms with Crippen LogP contribution in [-0.4, -0.2) is 26.3 Å². The van der Waals surface area contributed by atoms with Crippen LogP contribution in [0.4, 0.5) is 0 Å². The van der Waals surface area contributed by atoms with E-state index in [-0.39, 0.29) is 5.88 Å². The molecule has 1 aromatic heterocycles. The Balaban J connectivity index is 2.00. The minimum Gasteiger partial charge on any atom is -0.493 e. The SMILES string of the molecule is COc1cc([C@H]2C(C#N)=C(N)Oc3c2ccc2[nH]ccc32)cc(OC)c1OC. The van der Waals surface area contributed by atoms with Gasteiger partial charge in [-0.25, -0.2) is 0 Å². The summed E-state index contributed by atoms with van der Waals surface area (Å²) in [6.07, 6.45) is 1.84. The molecule has 2 heterocycles. The second-order valence-corrected chi connectivity index (χ2v) is 6.31. The molecule has 7 heteroatoms. The third-order valence-electron chi connectivity index (χ3n) is 4.93. The zero-order valence-electron chi connectivity index (χ0n) is 15.7. The summed E-state index contributed by atoms with van der Waals surface area (Å²) in [6, 6.07) is 11.7. The van der Waals surface area contributed by atoms with Crippen LogP contribution in [-0.2, 0) is 0 Å². The highest BCUT2D eigenvalue weighted by molar-refractivity contribution is 5.88. The van der Waals surface area contributed by atoms with Crippen LogP contribution in [0.5, 0.6) is 23.0 Å². The number of hydrogen-bond acceptors (Lipinski definition) is 6. The maximum atomic E-state index is 9.78. The Hall–Kier alpha value is -3.79. The van der Waals surface area contributed by atoms with E-state index in [1.54, 1.807) is 21.3 Å². The third-order valence-corrected chi connectivity index (χ3v) is 4.93. The molecule has 3 N–H and O–H groups in total. The van der Waals surface area contributed by atoms with Crippen molar-refractivity contribution in [3.8, 4) is 29.1 Å². The van der Waals surface area contributed by atoms with Crippen LogP contribution in [0.3, 0.4) is 0 Å². The number of nitrogens with one attached hydrogen (secondary N) is 1. The van der Waals surface area contributed by atoms with Crippen molar-refractivity contribution >= 4 is 10.9 Å². The van der Waals surface area contributed by atoms with Crippen LogP contribution in [0.25, 0.3) is 10.9 Å². The molecule has 0 aliphatic carbocycles. The number of nitrogens with two attached hydrogens (primary N) is 1. The molecule has 0 unspecified atom stereocenters. The molecule has 1 aliphatic heterocycles. The molecule has 0 saturated heterocycles. The van der Waals surface area contributed by atoms with Crippen molar-refractivity contribution in [3.63, 3.8) is 0 Å². The highest BCUT2D eigenvalue weighted by atomic mass is 16.5. The first kappa shape index (κ1) is 17.6. The van der Waals surface area contributed by atoms with E-state index < -0.39 is 5.92 Å². The van der Waals surface area contributed by atoms with Gasteiger partial charge in [0.25, 0.3) is 0 Å². The second-order valence-electron chi connectivity index (χ2n) is 6.31. The van der Waals surface area contributed by atoms with Gasteiger partial charge in [0.2, 0.25) is 11.6 Å². The standard InChI is InChI=1S/C21H19N3O4/c1-25-16-8-11(9-17(26-2)20(16)27-3)18-13-4-5-15-12(6-7-24-15)19(13)28-21(23)14(18)10-22/h4-9,18,24H,23H2,1-3H3/t18-/m1/s1. The Labute approximate surface area is 161 Å². The lowest BCUT2D eigenvalue weighted by Gasteiger charge is -2.27. The topological polar surface area (TPSA) is 103 Å². The quantitative estimate of drug-likeness (QED) is 0.722. The van der Waals surface area contributed by atoms with Crippen LogP contribution in [0, 0.1) is 11.3 Å². The highest BCUT2D eigenvalue weighted by Crippen LogP contribution is 2.48. The van der Waals surface area contributed by atoms with Crippen molar-refractivity contribution in [2.45, 2.75) is 5.92 Å². The number of ether oxygens (including phenoxy) is 4. The molecule has 2 aromatic carbocycles. The number of nitrogens with zero attached hydrogens (tertiary/aromatic N) is 1. The van der Waals surface area contributed by atoms with Gasteiger partial charge < -0.3 is 29.7 Å². The lowest BCUT2D eigenvalue weighted by molar-refractivity contribution is 0.323. The molecule has 0 amide bonds. The zero-order valence-corrected chi connectivity index (χ0v) is 15.7. The molecule has 0 saturated carbocycles. The molecule has 28 heavy (non-hydrogen) atoms. The van der Waals surface area contributed by atoms with Gasteiger partial charge >= 0.3 is 0 Å². The van der Waals surface area contributed by atoms with Crippen molar-refractivity contribution in [3.05, 3.63) is 59.1 Å². The summed E-state index contributed by atoms with van der Waals surface area (Å²) in [6.45, 7) is 0. The minimum absolute atomic E-state index is 0.0856. The fourth-order valence-corrected chi connectivity index (χ4v) is 3.66. The van der Waals surface area contributed by atoms with E-state index in [0.29, 0.717) is 28.6 Å². The average Bonchev–Trinajstić information content (AvgIpc) is 3.21. The predicted molar refractivity (Wildman–Crippen MR) is 104 cm³/mol. The maximum Gasteiger partial charge on any atom is 0.205 e. The Morgan fingerprint density at radius 3 is 2.39 bits per heavy atom. The molecular weight excluding hydrogens is 358 g/mol. The maximum absolute atomic E-state index is 9.78. The number of methoxy groups -OCH3 is 3. The number of allylic oxidation sites excluding steroid dienone is 1. The molecule has 0 fully saturated rings. The predicted octanol–water partition coefficient (Wildman–Crippen LogP) is 3.41. The van der Waals surface area contributed by atoms with Gasteiger partial charge in [-0.2, -0.15) is 5.26 Å². The number of aromatic amines is 1. The smallest absolute Gasteiger partial charge is 0.205 e. The molecule has 0 spiro atoms. The largest absolute Gasteiger partial charge is 0.493 e. The van der Waals surface area contributed by atoms with Crippen LogP contribution in [0.15, 0.2) is 48.0 Å². The lowest BCUT2D eigenvalue weighted by Crippen LogP contribution is -2.21. The number of H-pyrrole nitrogens is 1. The van der Waals surface area contributed by atoms with E-state index in [1.807, 2.05) is 36.5 Å². The lowest BCUT2D eigenvalue weighted by atomic mass is 9.82. The summed E-state index contributed by atoms with van der Waals surface area (Å²) in [7, 11) is 4.65. The Bertz CT molecular complexity index is 1120. The van der Waals surface area contributed by atoms with Gasteiger partial charge in [-0.15, -0.1) is 0 Å². The number of hydrogen-bond donors (Lipinski definition) is 2. The van der Waals surface area contributed by atoms with Crippen LogP contribution in [0.1, 0.15) is 17.0 Å². The van der Waals surface area contributed by atoms with Crippen molar-refractivity contribution in [1.82, 2.24) is 4.98 Å². The van der Waals surface area contributed by atoms with Crippen LogP contribution < -0.4 is 24.7 Å². The number of benzene rings is 2. The molecule has 0 radical (unpaired) electrons. The van der Waals surface area contributed by atoms with Gasteiger partial charge in [0, 0.05) is 22.7 Å². The first-order valence-electron chi connectivity index (χ1n) is 8.60. The summed E-state index contributed by atoms with van der Waals surface area (Å²) in [4.78, 5) is 3.16. The van der Waals surface area contributed by atoms with E-state index in [9.17, 15) is 5.26 Å². The number of aromatic nitrogens is 1. The summed E-state index contributed by atoms with van der Waals surface area (Å²) in [5, 5.41) is 10.7. The monoisotopic (exact) mass is 377 g/mol. The van der Waals surface area contributed by atoms with Crippen molar-refractivity contribution in [1.29, 1.82) is 5.26 Å². The van der Waals surface area contributed by atoms with Gasteiger partial charge in [0.1, 0.15) is 17.4 Å². The van der Waals surface area contributed by atoms with Crippen LogP contribution >= 0.6 is 0 Å². The molecule has 3 aromatic rings. The summed E-state index contributed by atoms with van der Waals surface area (Å²) >= 11 is 0. The van der Waals surface area contributed by atoms with E-state index in [0.717, 1.165) is 22.0 Å². The fourth-order valence-electron chi connectivity index (χ4n) is 3.66. The van der Waals surface area contributed by atoms with Crippen molar-refractivity contribution in [2.75, 3.05) is 21.3 Å². The van der Waals surface area contributed by atoms with E-state index in [2.05, 4.69) is 11.1 Å². The van der Waals surface area contributed by atoms with Gasteiger partial charge in [-0.1, -0.05) is 6.07 Å². The second kappa shape index (κ2) is 6.74. The molecule has 1 aliphatic rings. The number of rotatable bonds is 4. The van der Waals surface area contributed by atoms with Gasteiger partial charge in [0.15, 0.2) is 11.5 Å². The molecular formula is C21H19N3O4. The fraction of sp³-hybridized carbons (Fsp3) is 0.190. The Kier molecular flexibility index (Phi) is 4.24. The summed E-state index contributed by atoms with van der Waals surface area (Å²) in [5.74, 6) is 1.78.